The van der Waals surface area contributed by atoms with Crippen LogP contribution in [0.5, 0.6) is 0 Å². The molecule has 0 aliphatic rings. The van der Waals surface area contributed by atoms with Gasteiger partial charge >= 0.3 is 5.76 Å². The van der Waals surface area contributed by atoms with Crippen LogP contribution in [0.3, 0.4) is 0 Å². The van der Waals surface area contributed by atoms with Gasteiger partial charge in [-0.2, -0.15) is 4.98 Å². The van der Waals surface area contributed by atoms with Crippen LogP contribution in [0.1, 0.15) is 20.8 Å². The van der Waals surface area contributed by atoms with Crippen molar-refractivity contribution in [2.45, 2.75) is 20.8 Å². The summed E-state index contributed by atoms with van der Waals surface area (Å²) in [6.07, 6.45) is 2.86. The Kier molecular flexibility index (Phi) is 4.56. The summed E-state index contributed by atoms with van der Waals surface area (Å²) in [5.41, 5.74) is 0.904. The molecule has 0 fully saturated rings. The highest BCUT2D eigenvalue weighted by Gasteiger charge is 2.10. The topological polar surface area (TPSA) is 72.1 Å². The SMILES string of the molecule is CC.CCN(C)c1nc(=O)oc2cncnc12. The van der Waals surface area contributed by atoms with Crippen molar-refractivity contribution in [1.82, 2.24) is 15.0 Å². The van der Waals surface area contributed by atoms with E-state index in [1.165, 1.54) is 12.5 Å². The first-order valence-electron chi connectivity index (χ1n) is 5.54. The van der Waals surface area contributed by atoms with Crippen LogP contribution in [0, 0.1) is 0 Å². The van der Waals surface area contributed by atoms with Gasteiger partial charge in [0.05, 0.1) is 6.20 Å². The van der Waals surface area contributed by atoms with Gasteiger partial charge in [0.2, 0.25) is 0 Å². The molecule has 0 bridgehead atoms. The second-order valence-corrected chi connectivity index (χ2v) is 3.05. The summed E-state index contributed by atoms with van der Waals surface area (Å²) < 4.78 is 4.88. The average molecular weight is 236 g/mol. The standard InChI is InChI=1S/C9H10N4O2.C2H6/c1-3-13(2)8-7-6(4-10-5-11-7)15-9(14)12-8;1-2/h4-5H,3H2,1-2H3;1-2H3. The zero-order valence-electron chi connectivity index (χ0n) is 10.5. The van der Waals surface area contributed by atoms with Crippen molar-refractivity contribution in [3.8, 4) is 0 Å². The van der Waals surface area contributed by atoms with Crippen molar-refractivity contribution in [3.05, 3.63) is 23.1 Å². The van der Waals surface area contributed by atoms with E-state index in [0.717, 1.165) is 6.54 Å². The summed E-state index contributed by atoms with van der Waals surface area (Å²) in [6.45, 7) is 6.69. The van der Waals surface area contributed by atoms with Crippen LogP contribution >= 0.6 is 0 Å². The van der Waals surface area contributed by atoms with Crippen molar-refractivity contribution in [3.63, 3.8) is 0 Å². The molecule has 2 aromatic heterocycles. The fourth-order valence-corrected chi connectivity index (χ4v) is 1.23. The zero-order valence-corrected chi connectivity index (χ0v) is 10.5. The van der Waals surface area contributed by atoms with E-state index in [4.69, 9.17) is 4.42 Å². The average Bonchev–Trinajstić information content (AvgIpc) is 2.39. The lowest BCUT2D eigenvalue weighted by molar-refractivity contribution is 0.528. The van der Waals surface area contributed by atoms with Crippen molar-refractivity contribution in [2.75, 3.05) is 18.5 Å². The Bertz CT molecular complexity index is 538. The van der Waals surface area contributed by atoms with Gasteiger partial charge in [-0.25, -0.2) is 14.8 Å². The molecule has 6 nitrogen and oxygen atoms in total. The summed E-state index contributed by atoms with van der Waals surface area (Å²) >= 11 is 0. The summed E-state index contributed by atoms with van der Waals surface area (Å²) in [4.78, 5) is 24.6. The minimum Gasteiger partial charge on any atom is -0.405 e. The molecule has 0 atom stereocenters. The Labute approximate surface area is 99.3 Å². The van der Waals surface area contributed by atoms with Gasteiger partial charge in [0.1, 0.15) is 6.33 Å². The van der Waals surface area contributed by atoms with Crippen molar-refractivity contribution < 1.29 is 4.42 Å². The number of nitrogens with zero attached hydrogens (tertiary/aromatic N) is 4. The van der Waals surface area contributed by atoms with Gasteiger partial charge in [0.25, 0.3) is 0 Å². The van der Waals surface area contributed by atoms with Crippen LogP contribution in [-0.2, 0) is 0 Å². The highest BCUT2D eigenvalue weighted by atomic mass is 16.4. The fourth-order valence-electron chi connectivity index (χ4n) is 1.23. The third kappa shape index (κ3) is 2.77. The number of hydrogen-bond acceptors (Lipinski definition) is 6. The molecule has 2 rings (SSSR count). The lowest BCUT2D eigenvalue weighted by Crippen LogP contribution is -2.21. The first-order valence-corrected chi connectivity index (χ1v) is 5.54. The Hall–Kier alpha value is -1.98. The molecule has 0 aromatic carbocycles. The highest BCUT2D eigenvalue weighted by molar-refractivity contribution is 5.82. The largest absolute Gasteiger partial charge is 0.441 e. The Balaban J connectivity index is 0.000000686. The van der Waals surface area contributed by atoms with Crippen LogP contribution in [0.2, 0.25) is 0 Å². The van der Waals surface area contributed by atoms with Gasteiger partial charge in [-0.15, -0.1) is 0 Å². The van der Waals surface area contributed by atoms with Crippen LogP contribution in [-0.4, -0.2) is 28.5 Å². The first kappa shape index (κ1) is 13.1. The molecule has 0 radical (unpaired) electrons. The smallest absolute Gasteiger partial charge is 0.405 e. The van der Waals surface area contributed by atoms with Crippen molar-refractivity contribution in [2.24, 2.45) is 0 Å². The lowest BCUT2D eigenvalue weighted by atomic mass is 10.4. The molecule has 2 aromatic rings. The quantitative estimate of drug-likeness (QED) is 0.786. The second-order valence-electron chi connectivity index (χ2n) is 3.05. The van der Waals surface area contributed by atoms with Gasteiger partial charge < -0.3 is 9.32 Å². The molecular formula is C11H16N4O2. The van der Waals surface area contributed by atoms with E-state index in [2.05, 4.69) is 15.0 Å². The molecule has 6 heteroatoms. The fraction of sp³-hybridized carbons (Fsp3) is 0.455. The molecule has 0 spiro atoms. The molecule has 0 N–H and O–H groups in total. The van der Waals surface area contributed by atoms with Gasteiger partial charge in [-0.05, 0) is 6.92 Å². The molecular weight excluding hydrogens is 220 g/mol. The Morgan fingerprint density at radius 2 is 2.12 bits per heavy atom. The summed E-state index contributed by atoms with van der Waals surface area (Å²) in [6, 6.07) is 0. The van der Waals surface area contributed by atoms with Crippen LogP contribution in [0.15, 0.2) is 21.7 Å². The number of fused-ring (bicyclic) bond motifs is 1. The molecule has 0 aliphatic heterocycles. The normalized spacial score (nSPS) is 9.65. The number of aromatic nitrogens is 3. The van der Waals surface area contributed by atoms with Gasteiger partial charge in [0.15, 0.2) is 16.9 Å². The van der Waals surface area contributed by atoms with Gasteiger partial charge in [-0.1, -0.05) is 13.8 Å². The van der Waals surface area contributed by atoms with Crippen LogP contribution in [0.25, 0.3) is 11.1 Å². The summed E-state index contributed by atoms with van der Waals surface area (Å²) in [7, 11) is 1.84. The summed E-state index contributed by atoms with van der Waals surface area (Å²) in [5.74, 6) is -0.112. The number of anilines is 1. The zero-order chi connectivity index (χ0) is 12.8. The number of rotatable bonds is 2. The van der Waals surface area contributed by atoms with Gasteiger partial charge in [0, 0.05) is 13.6 Å². The van der Waals surface area contributed by atoms with E-state index in [0.29, 0.717) is 16.9 Å². The lowest BCUT2D eigenvalue weighted by Gasteiger charge is -2.15. The third-order valence-electron chi connectivity index (χ3n) is 2.12. The summed E-state index contributed by atoms with van der Waals surface area (Å²) in [5, 5.41) is 0. The van der Waals surface area contributed by atoms with E-state index in [-0.39, 0.29) is 0 Å². The molecule has 2 heterocycles. The Morgan fingerprint density at radius 3 is 2.76 bits per heavy atom. The maximum absolute atomic E-state index is 11.2. The highest BCUT2D eigenvalue weighted by Crippen LogP contribution is 2.17. The van der Waals surface area contributed by atoms with E-state index in [9.17, 15) is 4.79 Å². The monoisotopic (exact) mass is 236 g/mol. The van der Waals surface area contributed by atoms with E-state index in [1.54, 1.807) is 0 Å². The maximum Gasteiger partial charge on any atom is 0.441 e. The molecule has 0 amide bonds. The van der Waals surface area contributed by atoms with E-state index in [1.807, 2.05) is 32.7 Å². The second kappa shape index (κ2) is 5.93. The maximum atomic E-state index is 11.2. The first-order chi connectivity index (χ1) is 8.22. The van der Waals surface area contributed by atoms with Gasteiger partial charge in [-0.3, -0.25) is 0 Å². The molecule has 0 saturated carbocycles. The number of hydrogen-bond donors (Lipinski definition) is 0. The van der Waals surface area contributed by atoms with Crippen LogP contribution < -0.4 is 10.7 Å². The van der Waals surface area contributed by atoms with Crippen molar-refractivity contribution >= 4 is 16.9 Å². The minimum absolute atomic E-state index is 0.354. The third-order valence-corrected chi connectivity index (χ3v) is 2.12. The molecule has 0 aliphatic carbocycles. The molecule has 17 heavy (non-hydrogen) atoms. The predicted octanol–water partition coefficient (Wildman–Crippen LogP) is 1.46. The molecule has 92 valence electrons. The molecule has 0 unspecified atom stereocenters. The minimum atomic E-state index is -0.632. The molecule has 0 saturated heterocycles. The van der Waals surface area contributed by atoms with E-state index < -0.39 is 5.76 Å². The van der Waals surface area contributed by atoms with Crippen molar-refractivity contribution in [1.29, 1.82) is 0 Å². The Morgan fingerprint density at radius 1 is 1.41 bits per heavy atom. The predicted molar refractivity (Wildman–Crippen MR) is 66.2 cm³/mol. The van der Waals surface area contributed by atoms with Crippen LogP contribution in [0.4, 0.5) is 5.82 Å². The van der Waals surface area contributed by atoms with E-state index >= 15 is 0 Å².